The number of rotatable bonds is 2. The van der Waals surface area contributed by atoms with Crippen molar-refractivity contribution in [2.75, 3.05) is 0 Å². The van der Waals surface area contributed by atoms with Gasteiger partial charge < -0.3 is 10.2 Å². The van der Waals surface area contributed by atoms with E-state index in [1.54, 1.807) is 0 Å². The van der Waals surface area contributed by atoms with E-state index in [1.165, 1.54) is 6.92 Å². The third-order valence-corrected chi connectivity index (χ3v) is 2.98. The summed E-state index contributed by atoms with van der Waals surface area (Å²) in [5, 5.41) is 17.6. The van der Waals surface area contributed by atoms with Crippen LogP contribution in [0.15, 0.2) is 23.3 Å². The molecule has 0 spiro atoms. The van der Waals surface area contributed by atoms with E-state index in [0.29, 0.717) is 0 Å². The molecule has 2 N–H and O–H groups in total. The van der Waals surface area contributed by atoms with E-state index in [9.17, 15) is 18.0 Å². The van der Waals surface area contributed by atoms with Gasteiger partial charge in [0.25, 0.3) is 0 Å². The van der Waals surface area contributed by atoms with Crippen molar-refractivity contribution >= 4 is 27.1 Å². The lowest BCUT2D eigenvalue weighted by molar-refractivity contribution is -0.138. The number of carboxylic acids is 2. The third kappa shape index (κ3) is 2.03. The summed E-state index contributed by atoms with van der Waals surface area (Å²) in [5.74, 6) is -4.09. The van der Waals surface area contributed by atoms with Crippen molar-refractivity contribution in [3.63, 3.8) is 0 Å². The Kier molecular flexibility index (Phi) is 3.28. The maximum Gasteiger partial charge on any atom is 0.335 e. The molecule has 16 heavy (non-hydrogen) atoms. The van der Waals surface area contributed by atoms with Gasteiger partial charge in [-0.1, -0.05) is 0 Å². The molecular weight excluding hydrogens is 236 g/mol. The summed E-state index contributed by atoms with van der Waals surface area (Å²) >= 11 is 0. The Balaban J connectivity index is 3.48. The fourth-order valence-corrected chi connectivity index (χ4v) is 2.11. The lowest BCUT2D eigenvalue weighted by Gasteiger charge is -2.17. The fourth-order valence-electron chi connectivity index (χ4n) is 1.46. The number of aliphatic carboxylic acids is 2. The van der Waals surface area contributed by atoms with Crippen LogP contribution in [0, 0.1) is 5.92 Å². The summed E-state index contributed by atoms with van der Waals surface area (Å²) in [6, 6.07) is 0. The second-order valence-electron chi connectivity index (χ2n) is 3.14. The van der Waals surface area contributed by atoms with Gasteiger partial charge in [0.05, 0.1) is 10.4 Å². The van der Waals surface area contributed by atoms with Crippen LogP contribution in [0.4, 0.5) is 0 Å². The van der Waals surface area contributed by atoms with Gasteiger partial charge in [-0.3, -0.25) is 4.79 Å². The van der Waals surface area contributed by atoms with Crippen molar-refractivity contribution in [1.82, 2.24) is 0 Å². The van der Waals surface area contributed by atoms with E-state index in [2.05, 4.69) is 0 Å². The number of allylic oxidation sites excluding steroid dienone is 1. The molecule has 1 aliphatic rings. The van der Waals surface area contributed by atoms with Crippen molar-refractivity contribution < 1.29 is 28.2 Å². The molecule has 0 amide bonds. The minimum absolute atomic E-state index is 0.00157. The van der Waals surface area contributed by atoms with Crippen molar-refractivity contribution in [3.8, 4) is 0 Å². The van der Waals surface area contributed by atoms with Crippen LogP contribution in [0.1, 0.15) is 6.92 Å². The second-order valence-corrected chi connectivity index (χ2v) is 4.08. The molecule has 1 rings (SSSR count). The van der Waals surface area contributed by atoms with E-state index < -0.39 is 28.1 Å². The van der Waals surface area contributed by atoms with Crippen molar-refractivity contribution in [3.05, 3.63) is 23.3 Å². The van der Waals surface area contributed by atoms with E-state index in [-0.39, 0.29) is 16.0 Å². The Labute approximate surface area is 92.0 Å². The molecule has 0 aromatic heterocycles. The first-order valence-electron chi connectivity index (χ1n) is 4.17. The topological polar surface area (TPSA) is 109 Å². The normalized spacial score (nSPS) is 19.8. The zero-order valence-electron chi connectivity index (χ0n) is 8.17. The fraction of sp³-hybridized carbons (Fsp3) is 0.222. The standard InChI is InChI=1S/C9H8O6S/c1-4-5(8(10)11)2-3-6(16(14)15)7(4)9(12)13/h2-3,7H,1H3,(H,10,11)(H,12,13). The van der Waals surface area contributed by atoms with Crippen LogP contribution in [-0.2, 0) is 19.9 Å². The van der Waals surface area contributed by atoms with Gasteiger partial charge in [-0.05, 0) is 24.6 Å². The molecule has 0 aromatic carbocycles. The average molecular weight is 244 g/mol. The lowest BCUT2D eigenvalue weighted by atomic mass is 9.88. The number of hydrogen-bond donors (Lipinski definition) is 2. The molecule has 1 unspecified atom stereocenters. The molecule has 0 saturated carbocycles. The molecule has 0 fully saturated rings. The van der Waals surface area contributed by atoms with Crippen LogP contribution < -0.4 is 0 Å². The van der Waals surface area contributed by atoms with Crippen LogP contribution in [0.5, 0.6) is 0 Å². The van der Waals surface area contributed by atoms with Gasteiger partial charge in [-0.25, -0.2) is 4.79 Å². The van der Waals surface area contributed by atoms with Gasteiger partial charge in [0.1, 0.15) is 5.92 Å². The molecule has 0 saturated heterocycles. The highest BCUT2D eigenvalue weighted by Crippen LogP contribution is 2.23. The predicted octanol–water partition coefficient (Wildman–Crippen LogP) is -0.290. The van der Waals surface area contributed by atoms with E-state index >= 15 is 0 Å². The molecule has 0 bridgehead atoms. The van der Waals surface area contributed by atoms with Crippen molar-refractivity contribution in [2.24, 2.45) is 5.92 Å². The molecule has 0 heterocycles. The van der Waals surface area contributed by atoms with Crippen molar-refractivity contribution in [1.29, 1.82) is 0 Å². The first-order chi connectivity index (χ1) is 7.36. The number of hydrogen-bond acceptors (Lipinski definition) is 4. The first-order valence-corrected chi connectivity index (χ1v) is 5.24. The maximum atomic E-state index is 10.9. The van der Waals surface area contributed by atoms with Gasteiger partial charge in [0.2, 0.25) is 10.3 Å². The van der Waals surface area contributed by atoms with Crippen LogP contribution in [0.3, 0.4) is 0 Å². The highest BCUT2D eigenvalue weighted by molar-refractivity contribution is 7.73. The van der Waals surface area contributed by atoms with E-state index in [4.69, 9.17) is 10.2 Å². The summed E-state index contributed by atoms with van der Waals surface area (Å²) in [7, 11) is -2.68. The van der Waals surface area contributed by atoms with E-state index in [0.717, 1.165) is 12.2 Å². The molecule has 86 valence electrons. The molecule has 7 heteroatoms. The van der Waals surface area contributed by atoms with Crippen molar-refractivity contribution in [2.45, 2.75) is 6.92 Å². The van der Waals surface area contributed by atoms with Crippen LogP contribution >= 0.6 is 0 Å². The van der Waals surface area contributed by atoms with Crippen LogP contribution in [0.25, 0.3) is 0 Å². The highest BCUT2D eigenvalue weighted by atomic mass is 32.2. The molecule has 1 aliphatic carbocycles. The molecule has 0 aromatic rings. The van der Waals surface area contributed by atoms with Gasteiger partial charge >= 0.3 is 11.9 Å². The summed E-state index contributed by atoms with van der Waals surface area (Å²) in [6.45, 7) is 1.29. The Bertz CT molecular complexity index is 541. The maximum absolute atomic E-state index is 10.9. The summed E-state index contributed by atoms with van der Waals surface area (Å²) < 4.78 is 21.5. The van der Waals surface area contributed by atoms with E-state index in [1.807, 2.05) is 0 Å². The first kappa shape index (κ1) is 12.2. The quantitative estimate of drug-likeness (QED) is 0.646. The van der Waals surface area contributed by atoms with Gasteiger partial charge in [-0.15, -0.1) is 0 Å². The Morgan fingerprint density at radius 1 is 1.25 bits per heavy atom. The summed E-state index contributed by atoms with van der Waals surface area (Å²) in [4.78, 5) is 21.3. The number of carbonyl (C=O) groups is 2. The number of carboxylic acid groups (broad SMARTS) is 2. The van der Waals surface area contributed by atoms with Crippen LogP contribution in [-0.4, -0.2) is 35.4 Å². The molecule has 0 radical (unpaired) electrons. The predicted molar refractivity (Wildman–Crippen MR) is 54.5 cm³/mol. The average Bonchev–Trinajstić information content (AvgIpc) is 2.15. The zero-order chi connectivity index (χ0) is 12.5. The Morgan fingerprint density at radius 3 is 2.19 bits per heavy atom. The molecule has 0 aliphatic heterocycles. The van der Waals surface area contributed by atoms with Gasteiger partial charge in [0, 0.05) is 0 Å². The third-order valence-electron chi connectivity index (χ3n) is 2.23. The van der Waals surface area contributed by atoms with Crippen LogP contribution in [0.2, 0.25) is 0 Å². The summed E-state index contributed by atoms with van der Waals surface area (Å²) in [5.41, 5.74) is -0.191. The minimum Gasteiger partial charge on any atom is -0.481 e. The molecule has 6 nitrogen and oxygen atoms in total. The van der Waals surface area contributed by atoms with Gasteiger partial charge in [0.15, 0.2) is 0 Å². The lowest BCUT2D eigenvalue weighted by Crippen LogP contribution is -2.28. The Morgan fingerprint density at radius 2 is 1.81 bits per heavy atom. The zero-order valence-corrected chi connectivity index (χ0v) is 8.98. The summed E-state index contributed by atoms with van der Waals surface area (Å²) in [6.07, 6.45) is 2.08. The molecule has 1 atom stereocenters. The Hall–Kier alpha value is -1.89. The molecular formula is C9H8O6S. The largest absolute Gasteiger partial charge is 0.481 e. The monoisotopic (exact) mass is 244 g/mol. The SMILES string of the molecule is CC1=C(C(=O)O)C=CC(=S(=O)=O)C1C(=O)O. The minimum atomic E-state index is -2.68. The highest BCUT2D eigenvalue weighted by Gasteiger charge is 2.31. The van der Waals surface area contributed by atoms with Gasteiger partial charge in [-0.2, -0.15) is 8.42 Å². The second kappa shape index (κ2) is 4.31. The smallest absolute Gasteiger partial charge is 0.335 e.